The maximum Gasteiger partial charge on any atom is 0.246 e. The van der Waals surface area contributed by atoms with Crippen LogP contribution in [0.1, 0.15) is 24.3 Å². The van der Waals surface area contributed by atoms with Crippen molar-refractivity contribution in [3.63, 3.8) is 0 Å². The lowest BCUT2D eigenvalue weighted by atomic mass is 9.95. The predicted octanol–water partition coefficient (Wildman–Crippen LogP) is 3.13. The van der Waals surface area contributed by atoms with Crippen LogP contribution in [0.4, 0.5) is 0 Å². The van der Waals surface area contributed by atoms with Gasteiger partial charge in [0.25, 0.3) is 0 Å². The van der Waals surface area contributed by atoms with Crippen LogP contribution >= 0.6 is 11.6 Å². The van der Waals surface area contributed by atoms with E-state index in [0.717, 1.165) is 24.0 Å². The second kappa shape index (κ2) is 6.29. The number of carbonyl (C=O) groups is 1. The highest BCUT2D eigenvalue weighted by atomic mass is 35.5. The van der Waals surface area contributed by atoms with Crippen molar-refractivity contribution in [2.75, 3.05) is 0 Å². The number of halogens is 1. The van der Waals surface area contributed by atoms with Gasteiger partial charge in [0, 0.05) is 23.0 Å². The minimum absolute atomic E-state index is 0.0292. The highest BCUT2D eigenvalue weighted by molar-refractivity contribution is 6.30. The zero-order chi connectivity index (χ0) is 17.3. The third kappa shape index (κ3) is 3.13. The number of nitrogens with zero attached hydrogens (tertiary/aromatic N) is 3. The molecule has 25 heavy (non-hydrogen) atoms. The summed E-state index contributed by atoms with van der Waals surface area (Å²) < 4.78 is 5.21. The zero-order valence-corrected chi connectivity index (χ0v) is 14.0. The molecule has 2 aromatic heterocycles. The smallest absolute Gasteiger partial charge is 0.246 e. The van der Waals surface area contributed by atoms with Crippen LogP contribution in [0.15, 0.2) is 53.3 Å². The number of pyridine rings is 1. The van der Waals surface area contributed by atoms with Gasteiger partial charge in [0.05, 0.1) is 12.0 Å². The van der Waals surface area contributed by atoms with Crippen LogP contribution < -0.4 is 5.32 Å². The number of amides is 1. The van der Waals surface area contributed by atoms with E-state index in [1.54, 1.807) is 24.5 Å². The lowest BCUT2D eigenvalue weighted by molar-refractivity contribution is -0.123. The Labute approximate surface area is 149 Å². The summed E-state index contributed by atoms with van der Waals surface area (Å²) in [5.74, 6) is 0.816. The molecule has 0 atom stereocenters. The molecule has 4 rings (SSSR count). The Balaban J connectivity index is 1.43. The first kappa shape index (κ1) is 15.8. The van der Waals surface area contributed by atoms with Crippen LogP contribution in [-0.2, 0) is 16.8 Å². The molecule has 7 heteroatoms. The number of rotatable bonds is 5. The van der Waals surface area contributed by atoms with Gasteiger partial charge in [-0.2, -0.15) is 4.98 Å². The van der Waals surface area contributed by atoms with Gasteiger partial charge in [0.1, 0.15) is 0 Å². The minimum atomic E-state index is -0.460. The molecule has 1 fully saturated rings. The number of aromatic nitrogens is 3. The van der Waals surface area contributed by atoms with Crippen LogP contribution in [0.5, 0.6) is 0 Å². The van der Waals surface area contributed by atoms with Gasteiger partial charge in [-0.15, -0.1) is 0 Å². The molecular weight excluding hydrogens is 340 g/mol. The summed E-state index contributed by atoms with van der Waals surface area (Å²) in [5.41, 5.74) is 1.34. The van der Waals surface area contributed by atoms with Gasteiger partial charge in [-0.1, -0.05) is 28.9 Å². The van der Waals surface area contributed by atoms with E-state index in [-0.39, 0.29) is 12.5 Å². The van der Waals surface area contributed by atoms with E-state index in [9.17, 15) is 4.79 Å². The van der Waals surface area contributed by atoms with Crippen LogP contribution in [-0.4, -0.2) is 21.0 Å². The molecule has 1 N–H and O–H groups in total. The average Bonchev–Trinajstić information content (AvgIpc) is 3.32. The Kier molecular flexibility index (Phi) is 3.97. The molecule has 1 aliphatic carbocycles. The van der Waals surface area contributed by atoms with Gasteiger partial charge < -0.3 is 9.84 Å². The van der Waals surface area contributed by atoms with E-state index in [2.05, 4.69) is 20.4 Å². The van der Waals surface area contributed by atoms with E-state index < -0.39 is 5.41 Å². The summed E-state index contributed by atoms with van der Waals surface area (Å²) in [7, 11) is 0. The minimum Gasteiger partial charge on any atom is -0.346 e. The van der Waals surface area contributed by atoms with Gasteiger partial charge in [-0.3, -0.25) is 9.78 Å². The maximum absolute atomic E-state index is 12.6. The topological polar surface area (TPSA) is 80.9 Å². The Morgan fingerprint density at radius 3 is 2.56 bits per heavy atom. The predicted molar refractivity (Wildman–Crippen MR) is 91.7 cm³/mol. The van der Waals surface area contributed by atoms with Crippen molar-refractivity contribution in [3.8, 4) is 11.4 Å². The van der Waals surface area contributed by atoms with Crippen molar-refractivity contribution in [2.45, 2.75) is 24.8 Å². The molecule has 1 aromatic carbocycles. The number of hydrogen-bond acceptors (Lipinski definition) is 5. The van der Waals surface area contributed by atoms with Crippen LogP contribution in [0, 0.1) is 0 Å². The summed E-state index contributed by atoms with van der Waals surface area (Å²) in [6.45, 7) is 0.201. The molecule has 0 unspecified atom stereocenters. The molecule has 1 amide bonds. The summed E-state index contributed by atoms with van der Waals surface area (Å²) in [6, 6.07) is 11.0. The van der Waals surface area contributed by atoms with E-state index >= 15 is 0 Å². The molecule has 0 radical (unpaired) electrons. The summed E-state index contributed by atoms with van der Waals surface area (Å²) in [5, 5.41) is 7.49. The number of carbonyl (C=O) groups excluding carboxylic acids is 1. The van der Waals surface area contributed by atoms with Gasteiger partial charge in [0.15, 0.2) is 0 Å². The first-order valence-electron chi connectivity index (χ1n) is 7.95. The van der Waals surface area contributed by atoms with Crippen LogP contribution in [0.25, 0.3) is 11.4 Å². The van der Waals surface area contributed by atoms with Crippen LogP contribution in [0.3, 0.4) is 0 Å². The van der Waals surface area contributed by atoms with E-state index in [4.69, 9.17) is 16.1 Å². The van der Waals surface area contributed by atoms with E-state index in [0.29, 0.717) is 16.7 Å². The number of hydrogen-bond donors (Lipinski definition) is 1. The maximum atomic E-state index is 12.6. The van der Waals surface area contributed by atoms with Gasteiger partial charge in [-0.25, -0.2) is 0 Å². The van der Waals surface area contributed by atoms with Gasteiger partial charge >= 0.3 is 0 Å². The number of benzene rings is 1. The number of nitrogens with one attached hydrogen (secondary N) is 1. The lowest BCUT2D eigenvalue weighted by Gasteiger charge is -2.15. The van der Waals surface area contributed by atoms with Crippen molar-refractivity contribution < 1.29 is 9.32 Å². The molecule has 1 aliphatic rings. The molecule has 0 bridgehead atoms. The molecule has 0 aliphatic heterocycles. The van der Waals surface area contributed by atoms with Crippen molar-refractivity contribution in [2.24, 2.45) is 0 Å². The highest BCUT2D eigenvalue weighted by Gasteiger charge is 2.51. The SMILES string of the molecule is O=C(NCc1nc(-c2ccncc2)no1)C1(c2ccc(Cl)cc2)CC1. The lowest BCUT2D eigenvalue weighted by Crippen LogP contribution is -2.34. The quantitative estimate of drug-likeness (QED) is 0.761. The van der Waals surface area contributed by atoms with Crippen molar-refractivity contribution in [3.05, 3.63) is 65.3 Å². The fourth-order valence-electron chi connectivity index (χ4n) is 2.81. The normalized spacial score (nSPS) is 14.9. The average molecular weight is 355 g/mol. The first-order valence-corrected chi connectivity index (χ1v) is 8.32. The molecule has 0 saturated heterocycles. The largest absolute Gasteiger partial charge is 0.346 e. The van der Waals surface area contributed by atoms with E-state index in [1.807, 2.05) is 24.3 Å². The van der Waals surface area contributed by atoms with Gasteiger partial charge in [0.2, 0.25) is 17.6 Å². The third-order valence-electron chi connectivity index (χ3n) is 4.39. The second-order valence-electron chi connectivity index (χ2n) is 6.02. The Hall–Kier alpha value is -2.73. The molecule has 126 valence electrons. The fraction of sp³-hybridized carbons (Fsp3) is 0.222. The third-order valence-corrected chi connectivity index (χ3v) is 4.64. The molecular formula is C18H15ClN4O2. The van der Waals surface area contributed by atoms with Crippen molar-refractivity contribution in [1.29, 1.82) is 0 Å². The molecule has 2 heterocycles. The van der Waals surface area contributed by atoms with Crippen molar-refractivity contribution >= 4 is 17.5 Å². The second-order valence-corrected chi connectivity index (χ2v) is 6.46. The summed E-state index contributed by atoms with van der Waals surface area (Å²) >= 11 is 5.92. The van der Waals surface area contributed by atoms with Gasteiger partial charge in [-0.05, 0) is 42.7 Å². The fourth-order valence-corrected chi connectivity index (χ4v) is 2.94. The highest BCUT2D eigenvalue weighted by Crippen LogP contribution is 2.48. The standard InChI is InChI=1S/C18H15ClN4O2/c19-14-3-1-13(2-4-14)18(7-8-18)17(24)21-11-15-22-16(23-25-15)12-5-9-20-10-6-12/h1-6,9-10H,7-8,11H2,(H,21,24). The first-order chi connectivity index (χ1) is 12.2. The molecule has 1 saturated carbocycles. The van der Waals surface area contributed by atoms with Crippen molar-refractivity contribution in [1.82, 2.24) is 20.4 Å². The molecule has 6 nitrogen and oxygen atoms in total. The summed E-state index contributed by atoms with van der Waals surface area (Å²) in [6.07, 6.45) is 4.98. The Morgan fingerprint density at radius 2 is 1.88 bits per heavy atom. The Morgan fingerprint density at radius 1 is 1.16 bits per heavy atom. The molecule has 0 spiro atoms. The zero-order valence-electron chi connectivity index (χ0n) is 13.3. The summed E-state index contributed by atoms with van der Waals surface area (Å²) in [4.78, 5) is 20.9. The van der Waals surface area contributed by atoms with Crippen LogP contribution in [0.2, 0.25) is 5.02 Å². The molecule has 3 aromatic rings. The Bertz CT molecular complexity index is 889. The van der Waals surface area contributed by atoms with E-state index in [1.165, 1.54) is 0 Å². The monoisotopic (exact) mass is 354 g/mol.